The molecular weight excluding hydrogens is 308 g/mol. The van der Waals surface area contributed by atoms with Crippen LogP contribution in [0.15, 0.2) is 42.5 Å². The number of primary amides is 1. The van der Waals surface area contributed by atoms with Crippen LogP contribution in [0.3, 0.4) is 0 Å². The third-order valence-electron chi connectivity index (χ3n) is 4.60. The number of anilines is 2. The zero-order chi connectivity index (χ0) is 18.7. The van der Waals surface area contributed by atoms with Crippen LogP contribution in [0.2, 0.25) is 0 Å². The first-order valence-electron chi connectivity index (χ1n) is 9.06. The van der Waals surface area contributed by atoms with Gasteiger partial charge in [0.2, 0.25) is 0 Å². The van der Waals surface area contributed by atoms with Gasteiger partial charge in [-0.05, 0) is 46.6 Å². The Morgan fingerprint density at radius 3 is 1.64 bits per heavy atom. The van der Waals surface area contributed by atoms with Crippen molar-refractivity contribution in [1.82, 2.24) is 0 Å². The van der Waals surface area contributed by atoms with Crippen molar-refractivity contribution in [3.05, 3.63) is 59.2 Å². The minimum absolute atomic E-state index is 0.297. The summed E-state index contributed by atoms with van der Waals surface area (Å²) in [5.41, 5.74) is 11.1. The molecule has 2 amide bonds. The molecule has 0 bridgehead atoms. The van der Waals surface area contributed by atoms with Crippen LogP contribution >= 0.6 is 0 Å². The lowest BCUT2D eigenvalue weighted by atomic mass is 9.91. The molecule has 0 saturated carbocycles. The standard InChI is InChI=1S/C22H30N2O/c1-14(2)17-10-12-18(13-11-17)24(22(23)25)21-19(15(3)4)8-7-9-20(21)16(5)6/h7-16H,1-6H3,(H2,23,25). The van der Waals surface area contributed by atoms with Gasteiger partial charge in [-0.3, -0.25) is 4.90 Å². The fourth-order valence-electron chi connectivity index (χ4n) is 3.14. The highest BCUT2D eigenvalue weighted by atomic mass is 16.2. The predicted octanol–water partition coefficient (Wildman–Crippen LogP) is 6.27. The molecule has 2 N–H and O–H groups in total. The lowest BCUT2D eigenvalue weighted by molar-refractivity contribution is 0.256. The van der Waals surface area contributed by atoms with Gasteiger partial charge < -0.3 is 5.73 Å². The largest absolute Gasteiger partial charge is 0.351 e. The molecule has 2 aromatic rings. The van der Waals surface area contributed by atoms with E-state index in [0.717, 1.165) is 22.5 Å². The van der Waals surface area contributed by atoms with Crippen molar-refractivity contribution < 1.29 is 4.79 Å². The summed E-state index contributed by atoms with van der Waals surface area (Å²) < 4.78 is 0. The monoisotopic (exact) mass is 338 g/mol. The maximum absolute atomic E-state index is 12.4. The van der Waals surface area contributed by atoms with Crippen LogP contribution in [0.1, 0.15) is 76.0 Å². The molecule has 0 aliphatic carbocycles. The zero-order valence-corrected chi connectivity index (χ0v) is 16.2. The number of urea groups is 1. The number of nitrogens with zero attached hydrogens (tertiary/aromatic N) is 1. The third kappa shape index (κ3) is 4.04. The van der Waals surface area contributed by atoms with Crippen molar-refractivity contribution in [2.24, 2.45) is 5.73 Å². The lowest BCUT2D eigenvalue weighted by Gasteiger charge is -2.29. The van der Waals surface area contributed by atoms with Gasteiger partial charge in [-0.25, -0.2) is 4.79 Å². The summed E-state index contributed by atoms with van der Waals surface area (Å²) in [5, 5.41) is 0. The molecule has 0 unspecified atom stereocenters. The number of nitrogens with two attached hydrogens (primary N) is 1. The highest BCUT2D eigenvalue weighted by Crippen LogP contribution is 2.39. The summed E-state index contributed by atoms with van der Waals surface area (Å²) in [7, 11) is 0. The Balaban J connectivity index is 2.67. The number of amides is 2. The van der Waals surface area contributed by atoms with Gasteiger partial charge in [0, 0.05) is 0 Å². The second-order valence-corrected chi connectivity index (χ2v) is 7.51. The average molecular weight is 338 g/mol. The van der Waals surface area contributed by atoms with Crippen molar-refractivity contribution in [3.8, 4) is 0 Å². The second kappa shape index (κ2) is 7.73. The van der Waals surface area contributed by atoms with Gasteiger partial charge in [-0.2, -0.15) is 0 Å². The molecule has 134 valence electrons. The number of para-hydroxylation sites is 1. The number of hydrogen-bond acceptors (Lipinski definition) is 1. The van der Waals surface area contributed by atoms with Gasteiger partial charge in [0.25, 0.3) is 0 Å². The summed E-state index contributed by atoms with van der Waals surface area (Å²) in [4.78, 5) is 14.1. The van der Waals surface area contributed by atoms with Crippen LogP contribution in [-0.2, 0) is 0 Å². The van der Waals surface area contributed by atoms with Crippen molar-refractivity contribution in [3.63, 3.8) is 0 Å². The van der Waals surface area contributed by atoms with Gasteiger partial charge in [0.05, 0.1) is 11.4 Å². The Bertz CT molecular complexity index is 704. The average Bonchev–Trinajstić information content (AvgIpc) is 2.54. The van der Waals surface area contributed by atoms with Crippen LogP contribution in [0.5, 0.6) is 0 Å². The molecule has 0 aliphatic rings. The lowest BCUT2D eigenvalue weighted by Crippen LogP contribution is -2.33. The fourth-order valence-corrected chi connectivity index (χ4v) is 3.14. The molecule has 0 heterocycles. The Kier molecular flexibility index (Phi) is 5.89. The predicted molar refractivity (Wildman–Crippen MR) is 107 cm³/mol. The van der Waals surface area contributed by atoms with Crippen LogP contribution in [-0.4, -0.2) is 6.03 Å². The van der Waals surface area contributed by atoms with Gasteiger partial charge in [-0.1, -0.05) is 71.9 Å². The number of benzene rings is 2. The number of hydrogen-bond donors (Lipinski definition) is 1. The second-order valence-electron chi connectivity index (χ2n) is 7.51. The first-order chi connectivity index (χ1) is 11.7. The number of carbonyl (C=O) groups is 1. The van der Waals surface area contributed by atoms with Gasteiger partial charge in [-0.15, -0.1) is 0 Å². The topological polar surface area (TPSA) is 46.3 Å². The maximum atomic E-state index is 12.4. The summed E-state index contributed by atoms with van der Waals surface area (Å²) in [6, 6.07) is 13.9. The van der Waals surface area contributed by atoms with Crippen LogP contribution in [0, 0.1) is 0 Å². The molecule has 0 saturated heterocycles. The van der Waals surface area contributed by atoms with Crippen molar-refractivity contribution in [2.45, 2.75) is 59.3 Å². The van der Waals surface area contributed by atoms with Crippen LogP contribution in [0.4, 0.5) is 16.2 Å². The molecule has 0 atom stereocenters. The Labute approximate surface area is 151 Å². The third-order valence-corrected chi connectivity index (χ3v) is 4.60. The minimum Gasteiger partial charge on any atom is -0.351 e. The zero-order valence-electron chi connectivity index (χ0n) is 16.2. The molecule has 0 radical (unpaired) electrons. The van der Waals surface area contributed by atoms with E-state index in [2.05, 4.69) is 71.9 Å². The van der Waals surface area contributed by atoms with E-state index in [1.165, 1.54) is 5.56 Å². The maximum Gasteiger partial charge on any atom is 0.323 e. The molecule has 2 rings (SSSR count). The smallest absolute Gasteiger partial charge is 0.323 e. The summed E-state index contributed by atoms with van der Waals surface area (Å²) >= 11 is 0. The van der Waals surface area contributed by atoms with Gasteiger partial charge >= 0.3 is 6.03 Å². The van der Waals surface area contributed by atoms with E-state index in [-0.39, 0.29) is 0 Å². The molecule has 25 heavy (non-hydrogen) atoms. The number of carbonyl (C=O) groups excluding carboxylic acids is 1. The molecule has 0 spiro atoms. The van der Waals surface area contributed by atoms with E-state index >= 15 is 0 Å². The van der Waals surface area contributed by atoms with Crippen molar-refractivity contribution in [1.29, 1.82) is 0 Å². The van der Waals surface area contributed by atoms with E-state index in [9.17, 15) is 4.79 Å². The SMILES string of the molecule is CC(C)c1ccc(N(C(N)=O)c2c(C(C)C)cccc2C(C)C)cc1. The summed E-state index contributed by atoms with van der Waals surface area (Å²) in [6.07, 6.45) is 0. The van der Waals surface area contributed by atoms with Crippen molar-refractivity contribution >= 4 is 17.4 Å². The molecule has 2 aromatic carbocycles. The van der Waals surface area contributed by atoms with Crippen molar-refractivity contribution in [2.75, 3.05) is 4.90 Å². The van der Waals surface area contributed by atoms with Gasteiger partial charge in [0.1, 0.15) is 0 Å². The molecular formula is C22H30N2O. The normalized spacial score (nSPS) is 11.4. The highest BCUT2D eigenvalue weighted by Gasteiger charge is 2.24. The molecule has 3 heteroatoms. The number of rotatable bonds is 5. The van der Waals surface area contributed by atoms with Crippen LogP contribution < -0.4 is 10.6 Å². The molecule has 0 fully saturated rings. The molecule has 0 aromatic heterocycles. The first kappa shape index (κ1) is 19.0. The van der Waals surface area contributed by atoms with E-state index in [0.29, 0.717) is 17.8 Å². The first-order valence-corrected chi connectivity index (χ1v) is 9.06. The molecule has 0 aliphatic heterocycles. The fraction of sp³-hybridized carbons (Fsp3) is 0.409. The van der Waals surface area contributed by atoms with E-state index in [1.54, 1.807) is 4.90 Å². The van der Waals surface area contributed by atoms with Gasteiger partial charge in [0.15, 0.2) is 0 Å². The molecule has 3 nitrogen and oxygen atoms in total. The van der Waals surface area contributed by atoms with E-state index < -0.39 is 6.03 Å². The minimum atomic E-state index is -0.452. The van der Waals surface area contributed by atoms with Crippen LogP contribution in [0.25, 0.3) is 0 Å². The van der Waals surface area contributed by atoms with E-state index in [4.69, 9.17) is 5.73 Å². The highest BCUT2D eigenvalue weighted by molar-refractivity contribution is 6.00. The quantitative estimate of drug-likeness (QED) is 0.685. The Morgan fingerprint density at radius 1 is 0.800 bits per heavy atom. The Morgan fingerprint density at radius 2 is 1.28 bits per heavy atom. The summed E-state index contributed by atoms with van der Waals surface area (Å²) in [5.74, 6) is 1.04. The summed E-state index contributed by atoms with van der Waals surface area (Å²) in [6.45, 7) is 12.9. The Hall–Kier alpha value is -2.29. The van der Waals surface area contributed by atoms with E-state index in [1.807, 2.05) is 12.1 Å².